The van der Waals surface area contributed by atoms with Crippen LogP contribution in [0.5, 0.6) is 0 Å². The summed E-state index contributed by atoms with van der Waals surface area (Å²) in [5, 5.41) is 1.34. The first-order valence-electron chi connectivity index (χ1n) is 6.75. The van der Waals surface area contributed by atoms with Crippen molar-refractivity contribution < 1.29 is 14.3 Å². The number of ether oxygens (including phenoxy) is 1. The number of pyridine rings is 1. The molecule has 4 nitrogen and oxygen atoms in total. The van der Waals surface area contributed by atoms with Gasteiger partial charge in [0.05, 0.1) is 11.2 Å². The first-order valence-corrected chi connectivity index (χ1v) is 7.13. The maximum atomic E-state index is 11.7. The Morgan fingerprint density at radius 3 is 2.64 bits per heavy atom. The summed E-state index contributed by atoms with van der Waals surface area (Å²) in [7, 11) is 0. The fourth-order valence-electron chi connectivity index (χ4n) is 1.89. The van der Waals surface area contributed by atoms with Gasteiger partial charge in [-0.05, 0) is 51.1 Å². The molecule has 0 aliphatic heterocycles. The predicted molar refractivity (Wildman–Crippen MR) is 87.0 cm³/mol. The number of aldehydes is 1. The maximum Gasteiger partial charge on any atom is 0.331 e. The lowest BCUT2D eigenvalue weighted by Crippen LogP contribution is -2.22. The van der Waals surface area contributed by atoms with E-state index in [1.54, 1.807) is 45.0 Å². The molecule has 0 aliphatic rings. The quantitative estimate of drug-likeness (QED) is 0.487. The molecular weight excluding hydrogens is 302 g/mol. The number of aromatic nitrogens is 1. The first-order chi connectivity index (χ1) is 10.3. The van der Waals surface area contributed by atoms with Crippen molar-refractivity contribution in [3.8, 4) is 0 Å². The highest BCUT2D eigenvalue weighted by molar-refractivity contribution is 6.31. The third-order valence-electron chi connectivity index (χ3n) is 2.75. The van der Waals surface area contributed by atoms with Crippen molar-refractivity contribution in [1.29, 1.82) is 0 Å². The minimum absolute atomic E-state index is 0.384. The fourth-order valence-corrected chi connectivity index (χ4v) is 2.07. The molecule has 0 bridgehead atoms. The normalized spacial score (nSPS) is 11.8. The third kappa shape index (κ3) is 4.15. The molecule has 0 spiro atoms. The lowest BCUT2D eigenvalue weighted by Gasteiger charge is -2.17. The van der Waals surface area contributed by atoms with Crippen molar-refractivity contribution in [2.24, 2.45) is 0 Å². The van der Waals surface area contributed by atoms with Gasteiger partial charge in [-0.2, -0.15) is 0 Å². The van der Waals surface area contributed by atoms with Gasteiger partial charge in [0, 0.05) is 22.0 Å². The number of halogens is 1. The van der Waals surface area contributed by atoms with Crippen molar-refractivity contribution in [2.45, 2.75) is 26.4 Å². The number of hydrogen-bond acceptors (Lipinski definition) is 4. The summed E-state index contributed by atoms with van der Waals surface area (Å²) in [6, 6.07) is 6.91. The van der Waals surface area contributed by atoms with E-state index in [1.165, 1.54) is 12.2 Å². The highest BCUT2D eigenvalue weighted by Gasteiger charge is 2.14. The summed E-state index contributed by atoms with van der Waals surface area (Å²) in [6.07, 6.45) is 3.44. The summed E-state index contributed by atoms with van der Waals surface area (Å²) >= 11 is 5.93. The number of esters is 1. The second-order valence-corrected chi connectivity index (χ2v) is 6.22. The largest absolute Gasteiger partial charge is 0.457 e. The molecule has 0 unspecified atom stereocenters. The summed E-state index contributed by atoms with van der Waals surface area (Å²) in [5.41, 5.74) is 0.923. The van der Waals surface area contributed by atoms with Crippen molar-refractivity contribution >= 4 is 40.8 Å². The summed E-state index contributed by atoms with van der Waals surface area (Å²) < 4.78 is 5.18. The van der Waals surface area contributed by atoms with Gasteiger partial charge < -0.3 is 4.74 Å². The summed E-state index contributed by atoms with van der Waals surface area (Å²) in [4.78, 5) is 27.3. The zero-order valence-corrected chi connectivity index (χ0v) is 13.3. The molecule has 1 aromatic carbocycles. The molecule has 2 aromatic rings. The summed E-state index contributed by atoms with van der Waals surface area (Å²) in [6.45, 7) is 5.36. The third-order valence-corrected chi connectivity index (χ3v) is 2.98. The molecule has 5 heteroatoms. The molecule has 22 heavy (non-hydrogen) atoms. The van der Waals surface area contributed by atoms with E-state index in [4.69, 9.17) is 16.3 Å². The van der Waals surface area contributed by atoms with Crippen LogP contribution in [-0.2, 0) is 9.53 Å². The maximum absolute atomic E-state index is 11.7. The van der Waals surface area contributed by atoms with E-state index in [1.807, 2.05) is 0 Å². The minimum atomic E-state index is -0.567. The van der Waals surface area contributed by atoms with Crippen LogP contribution in [-0.4, -0.2) is 22.8 Å². The van der Waals surface area contributed by atoms with E-state index >= 15 is 0 Å². The number of rotatable bonds is 3. The molecule has 1 aromatic heterocycles. The van der Waals surface area contributed by atoms with Gasteiger partial charge in [-0.3, -0.25) is 4.79 Å². The molecule has 0 fully saturated rings. The zero-order valence-electron chi connectivity index (χ0n) is 12.6. The molecule has 0 saturated carbocycles. The van der Waals surface area contributed by atoms with Gasteiger partial charge in [0.25, 0.3) is 0 Å². The zero-order chi connectivity index (χ0) is 16.3. The van der Waals surface area contributed by atoms with Gasteiger partial charge in [-0.1, -0.05) is 11.6 Å². The molecule has 0 N–H and O–H groups in total. The van der Waals surface area contributed by atoms with Gasteiger partial charge >= 0.3 is 5.97 Å². The number of benzene rings is 1. The van der Waals surface area contributed by atoms with Crippen LogP contribution in [0.2, 0.25) is 5.02 Å². The lowest BCUT2D eigenvalue weighted by atomic mass is 10.1. The second-order valence-electron chi connectivity index (χ2n) is 5.78. The number of fused-ring (bicyclic) bond motifs is 1. The van der Waals surface area contributed by atoms with Gasteiger partial charge in [-0.25, -0.2) is 9.78 Å². The summed E-state index contributed by atoms with van der Waals surface area (Å²) in [5.74, 6) is -0.484. The second kappa shape index (κ2) is 6.28. The average molecular weight is 318 g/mol. The van der Waals surface area contributed by atoms with Crippen molar-refractivity contribution in [2.75, 3.05) is 0 Å². The van der Waals surface area contributed by atoms with E-state index in [2.05, 4.69) is 4.98 Å². The molecule has 1 heterocycles. The number of carbonyl (C=O) groups excluding carboxylic acids is 2. The van der Waals surface area contributed by atoms with Crippen LogP contribution in [0, 0.1) is 0 Å². The Morgan fingerprint density at radius 1 is 1.27 bits per heavy atom. The Balaban J connectivity index is 2.36. The SMILES string of the molecule is CC(C)(C)OC(=O)/C=C/c1nc2ccc(Cl)cc2cc1C=O. The van der Waals surface area contributed by atoms with Crippen molar-refractivity contribution in [1.82, 2.24) is 4.98 Å². The van der Waals surface area contributed by atoms with Gasteiger partial charge in [0.1, 0.15) is 5.60 Å². The van der Waals surface area contributed by atoms with Crippen molar-refractivity contribution in [3.05, 3.63) is 46.6 Å². The van der Waals surface area contributed by atoms with Gasteiger partial charge in [0.2, 0.25) is 0 Å². The van der Waals surface area contributed by atoms with Gasteiger partial charge in [0.15, 0.2) is 6.29 Å². The molecule has 114 valence electrons. The molecule has 0 amide bonds. The Hall–Kier alpha value is -2.20. The van der Waals surface area contributed by atoms with Crippen LogP contribution >= 0.6 is 11.6 Å². The fraction of sp³-hybridized carbons (Fsp3) is 0.235. The average Bonchev–Trinajstić information content (AvgIpc) is 2.42. The Morgan fingerprint density at radius 2 is 2.00 bits per heavy atom. The molecule has 0 radical (unpaired) electrons. The number of hydrogen-bond donors (Lipinski definition) is 0. The van der Waals surface area contributed by atoms with E-state index in [9.17, 15) is 9.59 Å². The van der Waals surface area contributed by atoms with Crippen molar-refractivity contribution in [3.63, 3.8) is 0 Å². The Kier molecular flexibility index (Phi) is 4.62. The Bertz CT molecular complexity index is 760. The van der Waals surface area contributed by atoms with Crippen LogP contribution in [0.1, 0.15) is 36.8 Å². The molecule has 0 atom stereocenters. The highest BCUT2D eigenvalue weighted by Crippen LogP contribution is 2.21. The standard InChI is InChI=1S/C17H16ClNO3/c1-17(2,3)22-16(21)7-6-15-12(10-20)8-11-9-13(18)4-5-14(11)19-15/h4-10H,1-3H3/b7-6+. The highest BCUT2D eigenvalue weighted by atomic mass is 35.5. The lowest BCUT2D eigenvalue weighted by molar-refractivity contribution is -0.148. The minimum Gasteiger partial charge on any atom is -0.457 e. The molecule has 0 aliphatic carbocycles. The Labute approximate surface area is 133 Å². The van der Waals surface area contributed by atoms with E-state index in [-0.39, 0.29) is 0 Å². The van der Waals surface area contributed by atoms with Crippen LogP contribution < -0.4 is 0 Å². The predicted octanol–water partition coefficient (Wildman–Crippen LogP) is 4.06. The molecule has 0 saturated heterocycles. The van der Waals surface area contributed by atoms with Crippen LogP contribution in [0.25, 0.3) is 17.0 Å². The van der Waals surface area contributed by atoms with Crippen LogP contribution in [0.4, 0.5) is 0 Å². The van der Waals surface area contributed by atoms with E-state index in [0.717, 1.165) is 5.39 Å². The van der Waals surface area contributed by atoms with Crippen LogP contribution in [0.15, 0.2) is 30.3 Å². The number of carbonyl (C=O) groups is 2. The molecular formula is C17H16ClNO3. The first kappa shape index (κ1) is 16.2. The van der Waals surface area contributed by atoms with E-state index < -0.39 is 11.6 Å². The van der Waals surface area contributed by atoms with Gasteiger partial charge in [-0.15, -0.1) is 0 Å². The van der Waals surface area contributed by atoms with Crippen LogP contribution in [0.3, 0.4) is 0 Å². The topological polar surface area (TPSA) is 56.3 Å². The smallest absolute Gasteiger partial charge is 0.331 e. The number of nitrogens with zero attached hydrogens (tertiary/aromatic N) is 1. The van der Waals surface area contributed by atoms with E-state index in [0.29, 0.717) is 28.1 Å². The monoisotopic (exact) mass is 317 g/mol. The molecule has 2 rings (SSSR count).